The van der Waals surface area contributed by atoms with E-state index in [4.69, 9.17) is 9.97 Å². The molecule has 0 bridgehead atoms. The minimum Gasteiger partial charge on any atom is -0.361 e. The summed E-state index contributed by atoms with van der Waals surface area (Å²) in [5, 5.41) is 1.17. The van der Waals surface area contributed by atoms with Crippen molar-refractivity contribution in [3.63, 3.8) is 0 Å². The van der Waals surface area contributed by atoms with Crippen LogP contribution in [0.15, 0.2) is 134 Å². The van der Waals surface area contributed by atoms with Crippen molar-refractivity contribution in [1.82, 2.24) is 15.0 Å². The number of aromatic nitrogens is 3. The third kappa shape index (κ3) is 6.26. The van der Waals surface area contributed by atoms with Crippen LogP contribution in [-0.4, -0.2) is 15.0 Å². The number of rotatable bonds is 5. The fraction of sp³-hybridized carbons (Fsp3) is 0.182. The second-order valence-electron chi connectivity index (χ2n) is 14.5. The van der Waals surface area contributed by atoms with Gasteiger partial charge in [-0.05, 0) is 80.6 Å². The van der Waals surface area contributed by atoms with Gasteiger partial charge in [-0.15, -0.1) is 0 Å². The lowest BCUT2D eigenvalue weighted by atomic mass is 9.79. The van der Waals surface area contributed by atoms with Gasteiger partial charge < -0.3 is 4.98 Å². The van der Waals surface area contributed by atoms with E-state index in [1.165, 1.54) is 27.6 Å². The van der Waals surface area contributed by atoms with E-state index in [1.807, 2.05) is 18.5 Å². The van der Waals surface area contributed by atoms with Gasteiger partial charge in [-0.2, -0.15) is 0 Å². The highest BCUT2D eigenvalue weighted by Crippen LogP contribution is 2.38. The molecule has 0 saturated carbocycles. The van der Waals surface area contributed by atoms with Crippen LogP contribution < -0.4 is 0 Å². The molecule has 0 saturated heterocycles. The molecule has 0 unspecified atom stereocenters. The second-order valence-corrected chi connectivity index (χ2v) is 14.5. The zero-order valence-electron chi connectivity index (χ0n) is 28.1. The number of para-hydroxylation sites is 1. The molecule has 1 N–H and O–H groups in total. The number of benzene rings is 4. The van der Waals surface area contributed by atoms with Crippen LogP contribution in [0.25, 0.3) is 66.9 Å². The molecule has 7 aromatic rings. The van der Waals surface area contributed by atoms with Crippen molar-refractivity contribution in [2.75, 3.05) is 0 Å². The van der Waals surface area contributed by atoms with Crippen molar-refractivity contribution >= 4 is 10.9 Å². The third-order valence-corrected chi connectivity index (χ3v) is 9.01. The SMILES string of the molecule is CC(C)(C)c1cc(-c2cc(-c3cccc(-c4cc(-c5ccccc5)ccn4)c3)nc(-c3cccc4cc[nH]c34)c2)cc(C(C)(C)C)c1. The van der Waals surface area contributed by atoms with Crippen molar-refractivity contribution in [3.05, 3.63) is 145 Å². The van der Waals surface area contributed by atoms with E-state index in [0.717, 1.165) is 50.4 Å². The van der Waals surface area contributed by atoms with Gasteiger partial charge >= 0.3 is 0 Å². The van der Waals surface area contributed by atoms with Crippen LogP contribution >= 0.6 is 0 Å². The highest BCUT2D eigenvalue weighted by molar-refractivity contribution is 5.94. The van der Waals surface area contributed by atoms with E-state index in [0.29, 0.717) is 0 Å². The van der Waals surface area contributed by atoms with E-state index in [1.54, 1.807) is 0 Å². The molecule has 3 heterocycles. The maximum absolute atomic E-state index is 5.33. The molecular weight excluding hydrogens is 571 g/mol. The van der Waals surface area contributed by atoms with Crippen LogP contribution in [0.5, 0.6) is 0 Å². The zero-order chi connectivity index (χ0) is 32.8. The summed E-state index contributed by atoms with van der Waals surface area (Å²) in [6, 6.07) is 43.5. The highest BCUT2D eigenvalue weighted by Gasteiger charge is 2.22. The molecule has 7 rings (SSSR count). The first kappa shape index (κ1) is 30.4. The van der Waals surface area contributed by atoms with Gasteiger partial charge in [0.05, 0.1) is 22.6 Å². The van der Waals surface area contributed by atoms with Crippen LogP contribution in [0.2, 0.25) is 0 Å². The zero-order valence-corrected chi connectivity index (χ0v) is 28.1. The quantitative estimate of drug-likeness (QED) is 0.210. The fourth-order valence-corrected chi connectivity index (χ4v) is 6.18. The van der Waals surface area contributed by atoms with Crippen LogP contribution in [0.1, 0.15) is 52.7 Å². The van der Waals surface area contributed by atoms with Crippen molar-refractivity contribution in [3.8, 4) is 56.0 Å². The molecule has 0 atom stereocenters. The average molecular weight is 612 g/mol. The Bertz CT molecular complexity index is 2180. The molecule has 0 aliphatic carbocycles. The van der Waals surface area contributed by atoms with E-state index in [2.05, 4.69) is 162 Å². The van der Waals surface area contributed by atoms with Gasteiger partial charge in [0.2, 0.25) is 0 Å². The number of H-pyrrole nitrogens is 1. The lowest BCUT2D eigenvalue weighted by Gasteiger charge is -2.26. The van der Waals surface area contributed by atoms with Crippen LogP contribution in [0, 0.1) is 0 Å². The van der Waals surface area contributed by atoms with Crippen LogP contribution in [0.4, 0.5) is 0 Å². The summed E-state index contributed by atoms with van der Waals surface area (Å²) in [6.07, 6.45) is 3.90. The number of nitrogens with one attached hydrogen (secondary N) is 1. The lowest BCUT2D eigenvalue weighted by molar-refractivity contribution is 0.569. The fourth-order valence-electron chi connectivity index (χ4n) is 6.18. The number of fused-ring (bicyclic) bond motifs is 1. The lowest BCUT2D eigenvalue weighted by Crippen LogP contribution is -2.16. The molecule has 0 aliphatic heterocycles. The molecule has 232 valence electrons. The van der Waals surface area contributed by atoms with Gasteiger partial charge in [-0.25, -0.2) is 4.98 Å². The Morgan fingerprint density at radius 1 is 0.468 bits per heavy atom. The smallest absolute Gasteiger partial charge is 0.0736 e. The van der Waals surface area contributed by atoms with Gasteiger partial charge in [-0.3, -0.25) is 4.98 Å². The average Bonchev–Trinajstić information content (AvgIpc) is 3.57. The van der Waals surface area contributed by atoms with E-state index < -0.39 is 0 Å². The largest absolute Gasteiger partial charge is 0.361 e. The minimum atomic E-state index is 0.0140. The van der Waals surface area contributed by atoms with Crippen molar-refractivity contribution < 1.29 is 0 Å². The summed E-state index contributed by atoms with van der Waals surface area (Å²) in [5.41, 5.74) is 14.5. The molecule has 0 aliphatic rings. The topological polar surface area (TPSA) is 41.6 Å². The Balaban J connectivity index is 1.41. The molecule has 0 spiro atoms. The first-order chi connectivity index (χ1) is 22.5. The maximum Gasteiger partial charge on any atom is 0.0736 e. The van der Waals surface area contributed by atoms with Gasteiger partial charge in [0.25, 0.3) is 0 Å². The summed E-state index contributed by atoms with van der Waals surface area (Å²) in [5.74, 6) is 0. The third-order valence-electron chi connectivity index (χ3n) is 9.01. The molecule has 3 aromatic heterocycles. The van der Waals surface area contributed by atoms with Crippen molar-refractivity contribution in [2.24, 2.45) is 0 Å². The Morgan fingerprint density at radius 2 is 1.09 bits per heavy atom. The standard InChI is InChI=1S/C44H41N3/c1-43(2,3)36-23-34(24-37(28-36)44(4,5)6)35-26-40(47-41(27-35)38-17-11-14-30-18-21-46-42(30)38)33-16-10-15-32(22-33)39-25-31(19-20-45-39)29-12-8-7-9-13-29/h7-28,46H,1-6H3. The maximum atomic E-state index is 5.33. The minimum absolute atomic E-state index is 0.0140. The molecular formula is C44H41N3. The molecule has 0 fully saturated rings. The van der Waals surface area contributed by atoms with Gasteiger partial charge in [-0.1, -0.05) is 126 Å². The van der Waals surface area contributed by atoms with Crippen LogP contribution in [0.3, 0.4) is 0 Å². The summed E-state index contributed by atoms with van der Waals surface area (Å²) in [6.45, 7) is 13.8. The van der Waals surface area contributed by atoms with Crippen molar-refractivity contribution in [2.45, 2.75) is 52.4 Å². The summed E-state index contributed by atoms with van der Waals surface area (Å²) >= 11 is 0. The highest BCUT2D eigenvalue weighted by atomic mass is 14.7. The van der Waals surface area contributed by atoms with E-state index in [9.17, 15) is 0 Å². The number of hydrogen-bond acceptors (Lipinski definition) is 2. The Labute approximate surface area is 278 Å². The predicted octanol–water partition coefficient (Wildman–Crippen LogP) is 11.9. The number of hydrogen-bond donors (Lipinski definition) is 1. The molecule has 0 radical (unpaired) electrons. The molecule has 4 aromatic carbocycles. The van der Waals surface area contributed by atoms with Gasteiger partial charge in [0.1, 0.15) is 0 Å². The number of nitrogens with zero attached hydrogens (tertiary/aromatic N) is 2. The van der Waals surface area contributed by atoms with Crippen LogP contribution in [-0.2, 0) is 10.8 Å². The molecule has 0 amide bonds. The van der Waals surface area contributed by atoms with E-state index >= 15 is 0 Å². The second kappa shape index (κ2) is 11.8. The molecule has 47 heavy (non-hydrogen) atoms. The summed E-state index contributed by atoms with van der Waals surface area (Å²) < 4.78 is 0. The van der Waals surface area contributed by atoms with Gasteiger partial charge in [0, 0.05) is 34.5 Å². The Morgan fingerprint density at radius 3 is 1.81 bits per heavy atom. The Hall–Kier alpha value is -5.28. The monoisotopic (exact) mass is 611 g/mol. The first-order valence-electron chi connectivity index (χ1n) is 16.4. The number of pyridine rings is 2. The molecule has 3 heteroatoms. The predicted molar refractivity (Wildman–Crippen MR) is 198 cm³/mol. The summed E-state index contributed by atoms with van der Waals surface area (Å²) in [7, 11) is 0. The normalized spacial score (nSPS) is 12.0. The van der Waals surface area contributed by atoms with Gasteiger partial charge in [0.15, 0.2) is 0 Å². The molecule has 3 nitrogen and oxygen atoms in total. The van der Waals surface area contributed by atoms with E-state index in [-0.39, 0.29) is 10.8 Å². The first-order valence-corrected chi connectivity index (χ1v) is 16.4. The van der Waals surface area contributed by atoms with Crippen molar-refractivity contribution in [1.29, 1.82) is 0 Å². The summed E-state index contributed by atoms with van der Waals surface area (Å²) in [4.78, 5) is 13.6. The Kier molecular flexibility index (Phi) is 7.64. The number of aromatic amines is 1.